The number of ether oxygens (including phenoxy) is 1. The highest BCUT2D eigenvalue weighted by Gasteiger charge is 2.28. The summed E-state index contributed by atoms with van der Waals surface area (Å²) < 4.78 is 22.2. The Bertz CT molecular complexity index is 1350. The molecular weight excluding hydrogens is 499 g/mol. The van der Waals surface area contributed by atoms with Crippen molar-refractivity contribution >= 4 is 34.8 Å². The van der Waals surface area contributed by atoms with Crippen LogP contribution in [-0.4, -0.2) is 28.3 Å². The van der Waals surface area contributed by atoms with Gasteiger partial charge in [0.15, 0.2) is 0 Å². The summed E-state index contributed by atoms with van der Waals surface area (Å²) in [5, 5.41) is 5.29. The third kappa shape index (κ3) is 6.60. The van der Waals surface area contributed by atoms with Gasteiger partial charge in [-0.15, -0.1) is 0 Å². The van der Waals surface area contributed by atoms with Crippen LogP contribution in [0.4, 0.5) is 15.8 Å². The van der Waals surface area contributed by atoms with E-state index in [-0.39, 0.29) is 46.5 Å². The van der Waals surface area contributed by atoms with Crippen molar-refractivity contribution in [3.8, 4) is 11.4 Å². The quantitative estimate of drug-likeness (QED) is 0.360. The van der Waals surface area contributed by atoms with Gasteiger partial charge in [0.05, 0.1) is 29.2 Å². The molecule has 198 valence electrons. The number of carbonyl (C=O) groups is 2. The molecule has 0 spiro atoms. The minimum Gasteiger partial charge on any atom is -0.494 e. The molecule has 2 N–H and O–H groups in total. The molecule has 1 heterocycles. The third-order valence-corrected chi connectivity index (χ3v) is 6.18. The van der Waals surface area contributed by atoms with Crippen molar-refractivity contribution in [1.29, 1.82) is 0 Å². The van der Waals surface area contributed by atoms with Gasteiger partial charge in [0, 0.05) is 25.5 Å². The van der Waals surface area contributed by atoms with Gasteiger partial charge < -0.3 is 15.4 Å². The number of nitrogens with zero attached hydrogens (tertiary/aromatic N) is 2. The molecule has 0 bridgehead atoms. The van der Waals surface area contributed by atoms with Gasteiger partial charge in [-0.1, -0.05) is 50.6 Å². The van der Waals surface area contributed by atoms with E-state index in [4.69, 9.17) is 16.3 Å². The number of rotatable bonds is 10. The van der Waals surface area contributed by atoms with E-state index >= 15 is 0 Å². The van der Waals surface area contributed by atoms with Gasteiger partial charge in [0.1, 0.15) is 17.3 Å². The molecule has 0 aliphatic carbocycles. The summed E-state index contributed by atoms with van der Waals surface area (Å²) in [6.45, 7) is 7.97. The molecule has 0 aliphatic rings. The molecule has 2 amide bonds. The average Bonchev–Trinajstić information content (AvgIpc) is 3.05. The summed E-state index contributed by atoms with van der Waals surface area (Å²) in [6, 6.07) is 11.6. The highest BCUT2D eigenvalue weighted by Crippen LogP contribution is 2.32. The SMILES string of the molecule is CCCn1c(C)c(NC(=O)CC(C)(C)CC(=O)Nc2cc(Cl)c(F)cc2OC)c(=O)n1-c1ccccc1. The zero-order chi connectivity index (χ0) is 27.3. The maximum atomic E-state index is 13.7. The van der Waals surface area contributed by atoms with Crippen LogP contribution in [-0.2, 0) is 16.1 Å². The van der Waals surface area contributed by atoms with Gasteiger partial charge >= 0.3 is 0 Å². The third-order valence-electron chi connectivity index (χ3n) is 5.89. The highest BCUT2D eigenvalue weighted by molar-refractivity contribution is 6.31. The first-order valence-corrected chi connectivity index (χ1v) is 12.4. The number of carbonyl (C=O) groups excluding carboxylic acids is 2. The number of methoxy groups -OCH3 is 1. The van der Waals surface area contributed by atoms with Gasteiger partial charge in [0.2, 0.25) is 11.8 Å². The Balaban J connectivity index is 1.74. The molecule has 3 aromatic rings. The van der Waals surface area contributed by atoms with Crippen molar-refractivity contribution < 1.29 is 18.7 Å². The predicted molar refractivity (Wildman–Crippen MR) is 143 cm³/mol. The van der Waals surface area contributed by atoms with Crippen LogP contribution in [0.3, 0.4) is 0 Å². The number of hydrogen-bond acceptors (Lipinski definition) is 4. The molecule has 10 heteroatoms. The molecule has 0 fully saturated rings. The molecule has 0 saturated heterocycles. The number of nitrogens with one attached hydrogen (secondary N) is 2. The van der Waals surface area contributed by atoms with Crippen molar-refractivity contribution in [3.05, 3.63) is 69.4 Å². The minimum atomic E-state index is -0.746. The smallest absolute Gasteiger partial charge is 0.295 e. The predicted octanol–water partition coefficient (Wildman–Crippen LogP) is 5.54. The monoisotopic (exact) mass is 530 g/mol. The van der Waals surface area contributed by atoms with Crippen molar-refractivity contribution in [1.82, 2.24) is 9.36 Å². The van der Waals surface area contributed by atoms with Crippen molar-refractivity contribution in [2.45, 2.75) is 53.5 Å². The topological polar surface area (TPSA) is 94.4 Å². The van der Waals surface area contributed by atoms with Gasteiger partial charge in [-0.05, 0) is 37.0 Å². The summed E-state index contributed by atoms with van der Waals surface area (Å²) in [7, 11) is 1.36. The first-order valence-electron chi connectivity index (χ1n) is 12.0. The summed E-state index contributed by atoms with van der Waals surface area (Å²) >= 11 is 5.84. The van der Waals surface area contributed by atoms with Crippen molar-refractivity contribution in [3.63, 3.8) is 0 Å². The average molecular weight is 531 g/mol. The lowest BCUT2D eigenvalue weighted by Gasteiger charge is -2.23. The van der Waals surface area contributed by atoms with E-state index in [0.717, 1.165) is 12.5 Å². The lowest BCUT2D eigenvalue weighted by molar-refractivity contribution is -0.120. The van der Waals surface area contributed by atoms with E-state index in [1.54, 1.807) is 25.5 Å². The molecule has 1 aromatic heterocycles. The second-order valence-corrected chi connectivity index (χ2v) is 10.0. The molecule has 3 rings (SSSR count). The Kier molecular flexibility index (Phi) is 8.81. The molecule has 0 atom stereocenters. The summed E-state index contributed by atoms with van der Waals surface area (Å²) in [6.07, 6.45) is 0.787. The molecule has 0 unspecified atom stereocenters. The first-order chi connectivity index (χ1) is 17.5. The second kappa shape index (κ2) is 11.6. The highest BCUT2D eigenvalue weighted by atomic mass is 35.5. The van der Waals surface area contributed by atoms with Crippen LogP contribution in [0.1, 0.15) is 45.7 Å². The van der Waals surface area contributed by atoms with Crippen LogP contribution >= 0.6 is 11.6 Å². The molecule has 0 radical (unpaired) electrons. The first kappa shape index (κ1) is 28.0. The number of benzene rings is 2. The number of hydrogen-bond donors (Lipinski definition) is 2. The number of para-hydroxylation sites is 1. The molecule has 0 aliphatic heterocycles. The van der Waals surface area contributed by atoms with Crippen molar-refractivity contribution in [2.75, 3.05) is 17.7 Å². The lowest BCUT2D eigenvalue weighted by atomic mass is 9.85. The zero-order valence-electron chi connectivity index (χ0n) is 21.7. The summed E-state index contributed by atoms with van der Waals surface area (Å²) in [5.41, 5.74) is 0.740. The van der Waals surface area contributed by atoms with Crippen LogP contribution < -0.4 is 20.9 Å². The van der Waals surface area contributed by atoms with E-state index in [2.05, 4.69) is 10.6 Å². The lowest BCUT2D eigenvalue weighted by Crippen LogP contribution is -2.29. The largest absolute Gasteiger partial charge is 0.494 e. The number of halogens is 2. The molecule has 8 nitrogen and oxygen atoms in total. The zero-order valence-corrected chi connectivity index (χ0v) is 22.4. The molecular formula is C27H32ClFN4O4. The molecule has 2 aromatic carbocycles. The van der Waals surface area contributed by atoms with Crippen LogP contribution in [0.2, 0.25) is 5.02 Å². The molecule has 37 heavy (non-hydrogen) atoms. The van der Waals surface area contributed by atoms with E-state index in [1.165, 1.54) is 13.2 Å². The van der Waals surface area contributed by atoms with Crippen LogP contribution in [0.15, 0.2) is 47.3 Å². The van der Waals surface area contributed by atoms with Crippen LogP contribution in [0.5, 0.6) is 5.75 Å². The fraction of sp³-hybridized carbons (Fsp3) is 0.370. The van der Waals surface area contributed by atoms with Crippen molar-refractivity contribution in [2.24, 2.45) is 5.41 Å². The fourth-order valence-electron chi connectivity index (χ4n) is 4.20. The van der Waals surface area contributed by atoms with Crippen LogP contribution in [0.25, 0.3) is 5.69 Å². The maximum Gasteiger partial charge on any atom is 0.295 e. The van der Waals surface area contributed by atoms with E-state index in [1.807, 2.05) is 41.9 Å². The Morgan fingerprint density at radius 2 is 1.70 bits per heavy atom. The maximum absolute atomic E-state index is 13.7. The van der Waals surface area contributed by atoms with Gasteiger partial charge in [-0.2, -0.15) is 0 Å². The number of amides is 2. The summed E-state index contributed by atoms with van der Waals surface area (Å²) in [5.74, 6) is -1.31. The van der Waals surface area contributed by atoms with E-state index in [9.17, 15) is 18.8 Å². The van der Waals surface area contributed by atoms with E-state index < -0.39 is 17.1 Å². The number of anilines is 2. The minimum absolute atomic E-state index is 0.00902. The normalized spacial score (nSPS) is 11.3. The second-order valence-electron chi connectivity index (χ2n) is 9.62. The molecule has 0 saturated carbocycles. The van der Waals surface area contributed by atoms with Gasteiger partial charge in [-0.3, -0.25) is 19.1 Å². The van der Waals surface area contributed by atoms with Gasteiger partial charge in [-0.25, -0.2) is 9.07 Å². The Labute approximate surface area is 220 Å². The Morgan fingerprint density at radius 3 is 2.30 bits per heavy atom. The van der Waals surface area contributed by atoms with Crippen LogP contribution in [0, 0.1) is 18.2 Å². The Hall–Kier alpha value is -3.59. The van der Waals surface area contributed by atoms with E-state index in [0.29, 0.717) is 17.9 Å². The van der Waals surface area contributed by atoms with Gasteiger partial charge in [0.25, 0.3) is 5.56 Å². The fourth-order valence-corrected chi connectivity index (χ4v) is 4.37. The Morgan fingerprint density at radius 1 is 1.08 bits per heavy atom. The standard InChI is InChI=1S/C27H32ClFN4O4/c1-6-12-32-17(2)25(26(36)33(32)18-10-8-7-9-11-18)31-24(35)16-27(3,4)15-23(34)30-21-13-19(28)20(29)14-22(21)37-5/h7-11,13-14H,6,12,15-16H2,1-5H3,(H,30,34)(H,31,35). The summed E-state index contributed by atoms with van der Waals surface area (Å²) in [4.78, 5) is 39.0. The number of aromatic nitrogens is 2.